The van der Waals surface area contributed by atoms with E-state index in [-0.39, 0.29) is 12.3 Å². The summed E-state index contributed by atoms with van der Waals surface area (Å²) in [6.07, 6.45) is -0.577. The fourth-order valence-corrected chi connectivity index (χ4v) is 8.95. The standard InChI is InChI=1S/C51H34N4O2/c1-3-14-31(15-4-1)49-52-50(32-28-29-36-35-19-8-10-26-43(35)56-45(36)30-32)54-51(53-49)41-24-13-27-44-46(41)40-23-12-22-39(48(40)57-44)38-21-11-20-37-34-18-7-9-25-42(34)55(47(37)38)33-16-5-2-6-17-33/h1-30,49,51,53H,(H,52,54). The lowest BCUT2D eigenvalue weighted by Gasteiger charge is -2.32. The largest absolute Gasteiger partial charge is 0.456 e. The fourth-order valence-electron chi connectivity index (χ4n) is 8.95. The smallest absolute Gasteiger partial charge is 0.143 e. The van der Waals surface area contributed by atoms with Crippen molar-refractivity contribution in [1.29, 1.82) is 0 Å². The van der Waals surface area contributed by atoms with E-state index < -0.39 is 0 Å². The van der Waals surface area contributed by atoms with E-state index in [1.54, 1.807) is 0 Å². The third kappa shape index (κ3) is 4.98. The molecule has 3 aromatic heterocycles. The third-order valence-corrected chi connectivity index (χ3v) is 11.5. The van der Waals surface area contributed by atoms with Crippen molar-refractivity contribution in [1.82, 2.24) is 15.2 Å². The predicted octanol–water partition coefficient (Wildman–Crippen LogP) is 12.6. The highest BCUT2D eigenvalue weighted by Gasteiger charge is 2.29. The molecule has 0 amide bonds. The van der Waals surface area contributed by atoms with Crippen molar-refractivity contribution in [3.8, 4) is 16.8 Å². The van der Waals surface area contributed by atoms with Crippen LogP contribution in [0.2, 0.25) is 0 Å². The Morgan fingerprint density at radius 3 is 2.07 bits per heavy atom. The Kier molecular flexibility index (Phi) is 7.03. The summed E-state index contributed by atoms with van der Waals surface area (Å²) in [7, 11) is 0. The number of hydrogen-bond donors (Lipinski definition) is 2. The zero-order valence-corrected chi connectivity index (χ0v) is 30.7. The van der Waals surface area contributed by atoms with Crippen LogP contribution in [0.25, 0.3) is 82.5 Å². The van der Waals surface area contributed by atoms with E-state index in [4.69, 9.17) is 13.8 Å². The molecule has 57 heavy (non-hydrogen) atoms. The summed E-state index contributed by atoms with van der Waals surface area (Å²) >= 11 is 0. The van der Waals surface area contributed by atoms with E-state index in [0.717, 1.165) is 88.7 Å². The van der Waals surface area contributed by atoms with Gasteiger partial charge in [-0.3, -0.25) is 5.32 Å². The van der Waals surface area contributed by atoms with E-state index in [2.05, 4.69) is 173 Å². The Morgan fingerprint density at radius 2 is 1.19 bits per heavy atom. The normalized spacial score (nSPS) is 15.9. The zero-order valence-electron chi connectivity index (χ0n) is 30.7. The van der Waals surface area contributed by atoms with Crippen LogP contribution in [0, 0.1) is 0 Å². The topological polar surface area (TPSA) is 67.6 Å². The van der Waals surface area contributed by atoms with Gasteiger partial charge in [0.05, 0.1) is 11.0 Å². The van der Waals surface area contributed by atoms with Gasteiger partial charge < -0.3 is 18.7 Å². The van der Waals surface area contributed by atoms with E-state index in [1.165, 1.54) is 16.3 Å². The monoisotopic (exact) mass is 734 g/mol. The number of furan rings is 2. The van der Waals surface area contributed by atoms with Gasteiger partial charge in [-0.15, -0.1) is 0 Å². The van der Waals surface area contributed by atoms with Crippen molar-refractivity contribution in [2.45, 2.75) is 12.3 Å². The molecule has 0 bridgehead atoms. The zero-order chi connectivity index (χ0) is 37.5. The first-order valence-electron chi connectivity index (χ1n) is 19.4. The molecule has 1 aliphatic rings. The molecule has 2 atom stereocenters. The molecule has 6 heteroatoms. The van der Waals surface area contributed by atoms with E-state index >= 15 is 0 Å². The molecule has 8 aromatic carbocycles. The van der Waals surface area contributed by atoms with E-state index in [0.29, 0.717) is 0 Å². The van der Waals surface area contributed by atoms with Gasteiger partial charge in [0.15, 0.2) is 0 Å². The summed E-state index contributed by atoms with van der Waals surface area (Å²) in [4.78, 5) is 5.25. The van der Waals surface area contributed by atoms with E-state index in [9.17, 15) is 0 Å². The van der Waals surface area contributed by atoms with Crippen molar-refractivity contribution < 1.29 is 8.83 Å². The van der Waals surface area contributed by atoms with Gasteiger partial charge in [0.1, 0.15) is 40.5 Å². The van der Waals surface area contributed by atoms with Gasteiger partial charge in [-0.2, -0.15) is 0 Å². The maximum atomic E-state index is 6.93. The Hall–Kier alpha value is -7.41. The molecule has 6 nitrogen and oxygen atoms in total. The number of aromatic nitrogens is 1. The van der Waals surface area contributed by atoms with Crippen LogP contribution in [0.5, 0.6) is 0 Å². The Morgan fingerprint density at radius 1 is 0.509 bits per heavy atom. The van der Waals surface area contributed by atoms with Gasteiger partial charge in [-0.25, -0.2) is 4.99 Å². The molecule has 0 aliphatic carbocycles. The molecule has 12 rings (SSSR count). The van der Waals surface area contributed by atoms with Gasteiger partial charge in [0, 0.05) is 60.3 Å². The summed E-state index contributed by atoms with van der Waals surface area (Å²) in [5, 5.41) is 14.4. The molecular weight excluding hydrogens is 701 g/mol. The summed E-state index contributed by atoms with van der Waals surface area (Å²) in [5.74, 6) is 0.792. The van der Waals surface area contributed by atoms with Crippen LogP contribution in [-0.4, -0.2) is 10.4 Å². The third-order valence-electron chi connectivity index (χ3n) is 11.5. The van der Waals surface area contributed by atoms with Gasteiger partial charge in [-0.05, 0) is 48.0 Å². The van der Waals surface area contributed by atoms with Crippen LogP contribution in [0.4, 0.5) is 0 Å². The first-order valence-corrected chi connectivity index (χ1v) is 19.4. The van der Waals surface area contributed by atoms with Crippen molar-refractivity contribution >= 4 is 71.5 Å². The minimum atomic E-state index is -0.291. The second kappa shape index (κ2) is 12.6. The lowest BCUT2D eigenvalue weighted by Crippen LogP contribution is -2.45. The summed E-state index contributed by atoms with van der Waals surface area (Å²) in [6.45, 7) is 0. The van der Waals surface area contributed by atoms with Crippen LogP contribution in [0.1, 0.15) is 29.0 Å². The fraction of sp³-hybridized carbons (Fsp3) is 0.0392. The lowest BCUT2D eigenvalue weighted by atomic mass is 9.97. The average molecular weight is 735 g/mol. The van der Waals surface area contributed by atoms with E-state index in [1.807, 2.05) is 24.3 Å². The molecular formula is C51H34N4O2. The van der Waals surface area contributed by atoms with Crippen molar-refractivity contribution in [2.24, 2.45) is 4.99 Å². The second-order valence-electron chi connectivity index (χ2n) is 14.7. The molecule has 11 aromatic rings. The summed E-state index contributed by atoms with van der Waals surface area (Å²) in [6, 6.07) is 63.7. The number of amidine groups is 1. The van der Waals surface area contributed by atoms with Gasteiger partial charge in [-0.1, -0.05) is 140 Å². The number of rotatable bonds is 5. The SMILES string of the molecule is c1ccc(C2N=C(c3ccc4c(c3)oc3ccccc34)NC(c3cccc4oc5c(-c6cccc7c8ccccc8n(-c8ccccc8)c67)cccc5c34)N2)cc1. The highest BCUT2D eigenvalue weighted by molar-refractivity contribution is 6.18. The molecule has 2 N–H and O–H groups in total. The van der Waals surface area contributed by atoms with Gasteiger partial charge in [0.25, 0.3) is 0 Å². The average Bonchev–Trinajstić information content (AvgIpc) is 3.96. The van der Waals surface area contributed by atoms with Crippen LogP contribution in [0.15, 0.2) is 196 Å². The molecule has 0 fully saturated rings. The quantitative estimate of drug-likeness (QED) is 0.185. The molecule has 4 heterocycles. The molecule has 0 spiro atoms. The molecule has 0 saturated heterocycles. The first-order chi connectivity index (χ1) is 28.3. The van der Waals surface area contributed by atoms with Crippen molar-refractivity contribution in [3.63, 3.8) is 0 Å². The number of para-hydroxylation sites is 5. The highest BCUT2D eigenvalue weighted by atomic mass is 16.3. The number of nitrogens with zero attached hydrogens (tertiary/aromatic N) is 2. The number of benzene rings is 8. The Bertz CT molecular complexity index is 3370. The second-order valence-corrected chi connectivity index (χ2v) is 14.7. The van der Waals surface area contributed by atoms with Crippen molar-refractivity contribution in [2.75, 3.05) is 0 Å². The predicted molar refractivity (Wildman–Crippen MR) is 232 cm³/mol. The number of nitrogens with one attached hydrogen (secondary N) is 2. The van der Waals surface area contributed by atoms with Crippen LogP contribution in [-0.2, 0) is 0 Å². The molecule has 0 saturated carbocycles. The lowest BCUT2D eigenvalue weighted by molar-refractivity contribution is 0.411. The van der Waals surface area contributed by atoms with Gasteiger partial charge in [0.2, 0.25) is 0 Å². The van der Waals surface area contributed by atoms with Crippen LogP contribution >= 0.6 is 0 Å². The molecule has 270 valence electrons. The molecule has 0 radical (unpaired) electrons. The minimum Gasteiger partial charge on any atom is -0.456 e. The van der Waals surface area contributed by atoms with Crippen molar-refractivity contribution in [3.05, 3.63) is 199 Å². The Labute approximate surface area is 327 Å². The Balaban J connectivity index is 1.03. The van der Waals surface area contributed by atoms with Gasteiger partial charge >= 0.3 is 0 Å². The summed E-state index contributed by atoms with van der Waals surface area (Å²) in [5.41, 5.74) is 12.1. The first kappa shape index (κ1) is 31.9. The molecule has 2 unspecified atom stereocenters. The number of aliphatic imine (C=N–C) groups is 1. The number of hydrogen-bond acceptors (Lipinski definition) is 5. The summed E-state index contributed by atoms with van der Waals surface area (Å²) < 4.78 is 15.6. The highest BCUT2D eigenvalue weighted by Crippen LogP contribution is 2.44. The number of fused-ring (bicyclic) bond motifs is 9. The maximum absolute atomic E-state index is 6.93. The maximum Gasteiger partial charge on any atom is 0.143 e. The van der Waals surface area contributed by atoms with Crippen LogP contribution in [0.3, 0.4) is 0 Å². The van der Waals surface area contributed by atoms with Crippen LogP contribution < -0.4 is 10.6 Å². The minimum absolute atomic E-state index is 0.286. The molecule has 1 aliphatic heterocycles.